The molecular weight excluding hydrogens is 524 g/mol. The van der Waals surface area contributed by atoms with E-state index in [-0.39, 0.29) is 0 Å². The van der Waals surface area contributed by atoms with Crippen LogP contribution in [0.3, 0.4) is 0 Å². The van der Waals surface area contributed by atoms with Gasteiger partial charge in [-0.15, -0.1) is 0 Å². The van der Waals surface area contributed by atoms with Crippen molar-refractivity contribution < 1.29 is 0 Å². The van der Waals surface area contributed by atoms with Gasteiger partial charge in [0.15, 0.2) is 0 Å². The summed E-state index contributed by atoms with van der Waals surface area (Å²) in [7, 11) is 0. The molecule has 0 saturated carbocycles. The first-order valence-corrected chi connectivity index (χ1v) is 13.9. The van der Waals surface area contributed by atoms with E-state index < -0.39 is 5.54 Å². The fraction of sp³-hybridized carbons (Fsp3) is 0.0278. The summed E-state index contributed by atoms with van der Waals surface area (Å²) in [5.41, 5.74) is 5.75. The van der Waals surface area contributed by atoms with E-state index in [0.717, 1.165) is 45.0 Å². The number of imidazole rings is 1. The van der Waals surface area contributed by atoms with Crippen LogP contribution in [0, 0.1) is 0 Å². The van der Waals surface area contributed by atoms with Gasteiger partial charge in [-0.3, -0.25) is 4.57 Å². The number of halogens is 1. The molecule has 5 aromatic carbocycles. The Balaban J connectivity index is 1.56. The Bertz CT molecular complexity index is 1840. The quantitative estimate of drug-likeness (QED) is 0.212. The van der Waals surface area contributed by atoms with Gasteiger partial charge in [0.25, 0.3) is 0 Å². The monoisotopic (exact) mass is 548 g/mol. The molecule has 0 N–H and O–H groups in total. The molecule has 0 unspecified atom stereocenters. The van der Waals surface area contributed by atoms with Gasteiger partial charge in [-0.1, -0.05) is 151 Å². The molecule has 1 aromatic heterocycles. The van der Waals surface area contributed by atoms with Crippen LogP contribution in [0.15, 0.2) is 156 Å². The second kappa shape index (κ2) is 10.5. The molecule has 196 valence electrons. The molecule has 0 bridgehead atoms. The highest BCUT2D eigenvalue weighted by Crippen LogP contribution is 2.41. The maximum absolute atomic E-state index is 6.78. The van der Waals surface area contributed by atoms with Gasteiger partial charge in [0, 0.05) is 22.9 Å². The Hall–Kier alpha value is -5.06. The summed E-state index contributed by atoms with van der Waals surface area (Å²) in [6, 6.07) is 48.8. The van der Waals surface area contributed by atoms with Crippen molar-refractivity contribution in [3.05, 3.63) is 162 Å². The van der Waals surface area contributed by atoms with Gasteiger partial charge in [0.2, 0.25) is 5.96 Å². The average molecular weight is 549 g/mol. The molecule has 0 aliphatic carbocycles. The van der Waals surface area contributed by atoms with E-state index in [4.69, 9.17) is 26.6 Å². The van der Waals surface area contributed by atoms with Crippen LogP contribution in [0.5, 0.6) is 0 Å². The summed E-state index contributed by atoms with van der Waals surface area (Å²) >= 11 is 6.78. The summed E-state index contributed by atoms with van der Waals surface area (Å²) in [4.78, 5) is 15.7. The first kappa shape index (κ1) is 24.9. The predicted octanol–water partition coefficient (Wildman–Crippen LogP) is 8.77. The highest BCUT2D eigenvalue weighted by molar-refractivity contribution is 6.33. The molecule has 7 rings (SSSR count). The summed E-state index contributed by atoms with van der Waals surface area (Å²) < 4.78 is 2.08. The van der Waals surface area contributed by atoms with Crippen molar-refractivity contribution in [2.24, 2.45) is 9.98 Å². The van der Waals surface area contributed by atoms with Crippen molar-refractivity contribution >= 4 is 23.8 Å². The number of aromatic nitrogens is 2. The van der Waals surface area contributed by atoms with Crippen molar-refractivity contribution in [2.45, 2.75) is 5.54 Å². The lowest BCUT2D eigenvalue weighted by Crippen LogP contribution is -2.25. The molecule has 1 aliphatic heterocycles. The largest absolute Gasteiger partial charge is 0.260 e. The van der Waals surface area contributed by atoms with Gasteiger partial charge >= 0.3 is 0 Å². The molecular formula is C36H25ClN4. The molecule has 0 atom stereocenters. The second-order valence-electron chi connectivity index (χ2n) is 9.85. The minimum absolute atomic E-state index is 0.557. The van der Waals surface area contributed by atoms with Crippen molar-refractivity contribution in [1.29, 1.82) is 0 Å². The Kier molecular flexibility index (Phi) is 6.38. The third kappa shape index (κ3) is 4.39. The van der Waals surface area contributed by atoms with Crippen molar-refractivity contribution in [1.82, 2.24) is 9.55 Å². The average Bonchev–Trinajstić information content (AvgIpc) is 3.67. The normalized spacial score (nSPS) is 13.7. The number of rotatable bonds is 5. The van der Waals surface area contributed by atoms with Crippen LogP contribution < -0.4 is 0 Å². The van der Waals surface area contributed by atoms with Crippen LogP contribution in [0.25, 0.3) is 33.9 Å². The lowest BCUT2D eigenvalue weighted by atomic mass is 9.85. The van der Waals surface area contributed by atoms with Crippen LogP contribution in [0.1, 0.15) is 11.1 Å². The number of hydrogen-bond donors (Lipinski definition) is 0. The van der Waals surface area contributed by atoms with Crippen LogP contribution in [-0.2, 0) is 5.54 Å². The van der Waals surface area contributed by atoms with E-state index in [9.17, 15) is 0 Å². The molecule has 4 nitrogen and oxygen atoms in total. The molecule has 0 saturated heterocycles. The molecule has 0 fully saturated rings. The molecule has 2 heterocycles. The summed E-state index contributed by atoms with van der Waals surface area (Å²) in [5, 5.41) is 0.633. The number of benzene rings is 5. The standard InChI is InChI=1S/C36H25ClN4/c37-31-24-14-13-23-30(31)32-33(26-15-5-1-6-16-26)41(34(39-32)27-17-7-2-8-18-27)35-38-25-36(40-35,28-19-9-3-10-20-28)29-21-11-4-12-22-29/h1-25H. The Morgan fingerprint density at radius 1 is 0.561 bits per heavy atom. The second-order valence-corrected chi connectivity index (χ2v) is 10.3. The Morgan fingerprint density at radius 2 is 1.07 bits per heavy atom. The zero-order valence-corrected chi connectivity index (χ0v) is 22.9. The zero-order valence-electron chi connectivity index (χ0n) is 22.1. The van der Waals surface area contributed by atoms with E-state index in [0.29, 0.717) is 11.0 Å². The van der Waals surface area contributed by atoms with Crippen LogP contribution in [-0.4, -0.2) is 21.7 Å². The van der Waals surface area contributed by atoms with E-state index in [1.807, 2.05) is 103 Å². The fourth-order valence-electron chi connectivity index (χ4n) is 5.40. The third-order valence-electron chi connectivity index (χ3n) is 7.36. The van der Waals surface area contributed by atoms with Gasteiger partial charge in [-0.05, 0) is 17.2 Å². The number of hydrogen-bond acceptors (Lipinski definition) is 3. The van der Waals surface area contributed by atoms with Gasteiger partial charge in [-0.2, -0.15) is 0 Å². The lowest BCUT2D eigenvalue weighted by Gasteiger charge is -2.24. The van der Waals surface area contributed by atoms with E-state index >= 15 is 0 Å². The zero-order chi connectivity index (χ0) is 27.6. The molecule has 0 radical (unpaired) electrons. The predicted molar refractivity (Wildman–Crippen MR) is 169 cm³/mol. The molecule has 6 aromatic rings. The Morgan fingerprint density at radius 3 is 1.66 bits per heavy atom. The first-order valence-electron chi connectivity index (χ1n) is 13.5. The number of aliphatic imine (C=N–C) groups is 2. The molecule has 5 heteroatoms. The molecule has 0 spiro atoms. The van der Waals surface area contributed by atoms with Crippen LogP contribution >= 0.6 is 11.6 Å². The molecule has 0 amide bonds. The number of nitrogens with zero attached hydrogens (tertiary/aromatic N) is 4. The van der Waals surface area contributed by atoms with Crippen LogP contribution in [0.4, 0.5) is 0 Å². The van der Waals surface area contributed by atoms with Gasteiger partial charge in [0.05, 0.1) is 16.4 Å². The highest BCUT2D eigenvalue weighted by Gasteiger charge is 2.38. The lowest BCUT2D eigenvalue weighted by molar-refractivity contribution is 0.758. The van der Waals surface area contributed by atoms with Crippen molar-refractivity contribution in [2.75, 3.05) is 0 Å². The summed E-state index contributed by atoms with van der Waals surface area (Å²) in [6.45, 7) is 0. The molecule has 1 aliphatic rings. The van der Waals surface area contributed by atoms with Gasteiger partial charge < -0.3 is 0 Å². The van der Waals surface area contributed by atoms with Crippen molar-refractivity contribution in [3.63, 3.8) is 0 Å². The Labute approximate surface area is 244 Å². The van der Waals surface area contributed by atoms with E-state index in [1.165, 1.54) is 0 Å². The smallest absolute Gasteiger partial charge is 0.232 e. The summed E-state index contributed by atoms with van der Waals surface area (Å²) in [5.74, 6) is 1.30. The highest BCUT2D eigenvalue weighted by atomic mass is 35.5. The van der Waals surface area contributed by atoms with Crippen molar-refractivity contribution in [3.8, 4) is 33.9 Å². The third-order valence-corrected chi connectivity index (χ3v) is 7.69. The van der Waals surface area contributed by atoms with Gasteiger partial charge in [-0.25, -0.2) is 15.0 Å². The maximum atomic E-state index is 6.78. The molecule has 41 heavy (non-hydrogen) atoms. The van der Waals surface area contributed by atoms with E-state index in [1.54, 1.807) is 0 Å². The maximum Gasteiger partial charge on any atom is 0.232 e. The van der Waals surface area contributed by atoms with E-state index in [2.05, 4.69) is 53.1 Å². The minimum atomic E-state index is -0.783. The summed E-state index contributed by atoms with van der Waals surface area (Å²) in [6.07, 6.45) is 1.95. The minimum Gasteiger partial charge on any atom is -0.260 e. The van der Waals surface area contributed by atoms with Crippen LogP contribution in [0.2, 0.25) is 5.02 Å². The SMILES string of the molecule is Clc1ccccc1-c1nc(-c2ccccc2)n(C2=NC(c3ccccc3)(c3ccccc3)C=N2)c1-c1ccccc1. The topological polar surface area (TPSA) is 42.5 Å². The van der Waals surface area contributed by atoms with Gasteiger partial charge in [0.1, 0.15) is 11.4 Å². The fourth-order valence-corrected chi connectivity index (χ4v) is 5.63. The first-order chi connectivity index (χ1) is 20.2.